The minimum Gasteiger partial charge on any atom is -0.379 e. The molecule has 0 spiro atoms. The van der Waals surface area contributed by atoms with Crippen molar-refractivity contribution in [2.24, 2.45) is 0 Å². The Balaban J connectivity index is 1.41. The third-order valence-electron chi connectivity index (χ3n) is 6.11. The molecule has 3 aromatic rings. The lowest BCUT2D eigenvalue weighted by Gasteiger charge is -2.40. The summed E-state index contributed by atoms with van der Waals surface area (Å²) >= 11 is 6.06. The number of benzene rings is 2. The zero-order valence-electron chi connectivity index (χ0n) is 16.4. The first-order chi connectivity index (χ1) is 14.3. The first-order valence-corrected chi connectivity index (χ1v) is 10.8. The first-order valence-electron chi connectivity index (χ1n) is 10.4. The molecule has 2 aliphatic heterocycles. The summed E-state index contributed by atoms with van der Waals surface area (Å²) in [6.45, 7) is 5.87. The topological polar surface area (TPSA) is 41.5 Å². The molecule has 0 bridgehead atoms. The van der Waals surface area contributed by atoms with Gasteiger partial charge in [0.05, 0.1) is 13.2 Å². The van der Waals surface area contributed by atoms with Gasteiger partial charge in [-0.25, -0.2) is 0 Å². The van der Waals surface area contributed by atoms with Crippen molar-refractivity contribution >= 4 is 28.2 Å². The fraction of sp³-hybridized carbons (Fsp3) is 0.391. The molecule has 0 atom stereocenters. The average Bonchev–Trinajstić information content (AvgIpc) is 2.80. The summed E-state index contributed by atoms with van der Waals surface area (Å²) in [5.41, 5.74) is 1.94. The minimum atomic E-state index is 0.655. The van der Waals surface area contributed by atoms with E-state index in [2.05, 4.69) is 44.3 Å². The van der Waals surface area contributed by atoms with Crippen LogP contribution in [-0.2, 0) is 4.74 Å². The molecule has 150 valence electrons. The minimum absolute atomic E-state index is 0.655. The molecule has 0 aliphatic carbocycles. The second kappa shape index (κ2) is 8.27. The maximum atomic E-state index is 6.06. The second-order valence-corrected chi connectivity index (χ2v) is 8.23. The van der Waals surface area contributed by atoms with Crippen LogP contribution in [0.3, 0.4) is 0 Å². The highest BCUT2D eigenvalue weighted by Gasteiger charge is 2.27. The highest BCUT2D eigenvalue weighted by atomic mass is 35.5. The molecule has 0 unspecified atom stereocenters. The molecule has 5 rings (SSSR count). The van der Waals surface area contributed by atoms with E-state index in [0.717, 1.165) is 85.1 Å². The number of hydrogen-bond donors (Lipinski definition) is 0. The SMILES string of the molecule is Clc1ccc(-c2nnc(N3CCC(N4CCOCC4)CC3)c3ccccc23)cc1. The smallest absolute Gasteiger partial charge is 0.159 e. The molecule has 1 aromatic heterocycles. The number of morpholine rings is 1. The van der Waals surface area contributed by atoms with Crippen molar-refractivity contribution in [1.82, 2.24) is 15.1 Å². The van der Waals surface area contributed by atoms with Crippen LogP contribution in [-0.4, -0.2) is 60.5 Å². The normalized spacial score (nSPS) is 19.0. The van der Waals surface area contributed by atoms with E-state index in [1.807, 2.05) is 24.3 Å². The van der Waals surface area contributed by atoms with Gasteiger partial charge in [0.2, 0.25) is 0 Å². The van der Waals surface area contributed by atoms with Crippen LogP contribution in [0.4, 0.5) is 5.82 Å². The van der Waals surface area contributed by atoms with Gasteiger partial charge in [0, 0.05) is 53.6 Å². The largest absolute Gasteiger partial charge is 0.379 e. The van der Waals surface area contributed by atoms with Crippen LogP contribution in [0.15, 0.2) is 48.5 Å². The van der Waals surface area contributed by atoms with Crippen molar-refractivity contribution in [2.75, 3.05) is 44.3 Å². The molecule has 0 radical (unpaired) electrons. The Morgan fingerprint density at radius 2 is 1.52 bits per heavy atom. The predicted molar refractivity (Wildman–Crippen MR) is 118 cm³/mol. The van der Waals surface area contributed by atoms with Crippen molar-refractivity contribution in [3.8, 4) is 11.3 Å². The van der Waals surface area contributed by atoms with Gasteiger partial charge in [-0.3, -0.25) is 4.90 Å². The molecule has 2 aliphatic rings. The maximum absolute atomic E-state index is 6.06. The van der Waals surface area contributed by atoms with Crippen LogP contribution in [0, 0.1) is 0 Å². The van der Waals surface area contributed by atoms with E-state index in [1.54, 1.807) is 0 Å². The number of nitrogens with zero attached hydrogens (tertiary/aromatic N) is 4. The Hall–Kier alpha value is -2.21. The lowest BCUT2D eigenvalue weighted by Crippen LogP contribution is -2.49. The molecule has 2 aromatic carbocycles. The van der Waals surface area contributed by atoms with Crippen molar-refractivity contribution in [2.45, 2.75) is 18.9 Å². The van der Waals surface area contributed by atoms with Gasteiger partial charge >= 0.3 is 0 Å². The van der Waals surface area contributed by atoms with Gasteiger partial charge < -0.3 is 9.64 Å². The molecule has 3 heterocycles. The van der Waals surface area contributed by atoms with E-state index in [-0.39, 0.29) is 0 Å². The molecule has 29 heavy (non-hydrogen) atoms. The number of aromatic nitrogens is 2. The Labute approximate surface area is 176 Å². The summed E-state index contributed by atoms with van der Waals surface area (Å²) in [6.07, 6.45) is 2.32. The van der Waals surface area contributed by atoms with Crippen LogP contribution in [0.1, 0.15) is 12.8 Å². The predicted octanol–water partition coefficient (Wildman–Crippen LogP) is 4.25. The van der Waals surface area contributed by atoms with Gasteiger partial charge in [-0.15, -0.1) is 10.2 Å². The standard InChI is InChI=1S/C23H25ClN4O/c24-18-7-5-17(6-8-18)22-20-3-1-2-4-21(20)23(26-25-22)28-11-9-19(10-12-28)27-13-15-29-16-14-27/h1-8,19H,9-16H2. The Morgan fingerprint density at radius 3 is 2.24 bits per heavy atom. The number of hydrogen-bond acceptors (Lipinski definition) is 5. The fourth-order valence-electron chi connectivity index (χ4n) is 4.53. The molecule has 0 saturated carbocycles. The number of anilines is 1. The third-order valence-corrected chi connectivity index (χ3v) is 6.36. The van der Waals surface area contributed by atoms with E-state index >= 15 is 0 Å². The molecule has 2 saturated heterocycles. The van der Waals surface area contributed by atoms with Crippen molar-refractivity contribution in [1.29, 1.82) is 0 Å². The Morgan fingerprint density at radius 1 is 0.828 bits per heavy atom. The molecule has 0 N–H and O–H groups in total. The third kappa shape index (κ3) is 3.82. The van der Waals surface area contributed by atoms with Crippen LogP contribution >= 0.6 is 11.6 Å². The molecular formula is C23H25ClN4O. The summed E-state index contributed by atoms with van der Waals surface area (Å²) in [5.74, 6) is 0.999. The summed E-state index contributed by atoms with van der Waals surface area (Å²) in [6, 6.07) is 16.9. The summed E-state index contributed by atoms with van der Waals surface area (Å²) in [5, 5.41) is 12.3. The number of piperidine rings is 1. The summed E-state index contributed by atoms with van der Waals surface area (Å²) in [7, 11) is 0. The van der Waals surface area contributed by atoms with Crippen molar-refractivity contribution in [3.05, 3.63) is 53.6 Å². The summed E-state index contributed by atoms with van der Waals surface area (Å²) in [4.78, 5) is 4.99. The monoisotopic (exact) mass is 408 g/mol. The average molecular weight is 409 g/mol. The quantitative estimate of drug-likeness (QED) is 0.648. The summed E-state index contributed by atoms with van der Waals surface area (Å²) < 4.78 is 5.51. The van der Waals surface area contributed by atoms with Gasteiger partial charge in [-0.05, 0) is 25.0 Å². The van der Waals surface area contributed by atoms with E-state index in [4.69, 9.17) is 16.3 Å². The van der Waals surface area contributed by atoms with E-state index in [9.17, 15) is 0 Å². The van der Waals surface area contributed by atoms with Crippen LogP contribution < -0.4 is 4.90 Å². The molecule has 0 amide bonds. The second-order valence-electron chi connectivity index (χ2n) is 7.79. The molecule has 5 nitrogen and oxygen atoms in total. The van der Waals surface area contributed by atoms with Crippen LogP contribution in [0.2, 0.25) is 5.02 Å². The van der Waals surface area contributed by atoms with Gasteiger partial charge in [-0.2, -0.15) is 0 Å². The molecule has 6 heteroatoms. The zero-order valence-corrected chi connectivity index (χ0v) is 17.2. The van der Waals surface area contributed by atoms with Gasteiger partial charge in [0.1, 0.15) is 5.69 Å². The lowest BCUT2D eigenvalue weighted by atomic mass is 10.0. The maximum Gasteiger partial charge on any atom is 0.159 e. The van der Waals surface area contributed by atoms with Gasteiger partial charge in [0.25, 0.3) is 0 Å². The zero-order chi connectivity index (χ0) is 19.6. The fourth-order valence-corrected chi connectivity index (χ4v) is 4.66. The highest BCUT2D eigenvalue weighted by molar-refractivity contribution is 6.30. The Bertz CT molecular complexity index is 980. The van der Waals surface area contributed by atoms with E-state index in [1.165, 1.54) is 0 Å². The first kappa shape index (κ1) is 18.8. The van der Waals surface area contributed by atoms with Gasteiger partial charge in [0.15, 0.2) is 5.82 Å². The number of ether oxygens (including phenoxy) is 1. The number of fused-ring (bicyclic) bond motifs is 1. The van der Waals surface area contributed by atoms with Crippen molar-refractivity contribution < 1.29 is 4.74 Å². The Kier molecular flexibility index (Phi) is 5.36. The van der Waals surface area contributed by atoms with Crippen LogP contribution in [0.25, 0.3) is 22.0 Å². The molecular weight excluding hydrogens is 384 g/mol. The van der Waals surface area contributed by atoms with Crippen LogP contribution in [0.5, 0.6) is 0 Å². The highest BCUT2D eigenvalue weighted by Crippen LogP contribution is 2.33. The van der Waals surface area contributed by atoms with Gasteiger partial charge in [-0.1, -0.05) is 48.0 Å². The number of rotatable bonds is 3. The van der Waals surface area contributed by atoms with E-state index in [0.29, 0.717) is 6.04 Å². The number of halogens is 1. The molecule has 2 fully saturated rings. The van der Waals surface area contributed by atoms with Crippen molar-refractivity contribution in [3.63, 3.8) is 0 Å². The van der Waals surface area contributed by atoms with E-state index < -0.39 is 0 Å². The lowest BCUT2D eigenvalue weighted by molar-refractivity contribution is 0.0115.